The van der Waals surface area contributed by atoms with Crippen LogP contribution in [0, 0.1) is 5.92 Å². The Morgan fingerprint density at radius 2 is 2.35 bits per heavy atom. The summed E-state index contributed by atoms with van der Waals surface area (Å²) in [6.07, 6.45) is 4.25. The summed E-state index contributed by atoms with van der Waals surface area (Å²) in [5.74, 6) is 1.91. The molecule has 1 saturated heterocycles. The molecule has 17 heavy (non-hydrogen) atoms. The Morgan fingerprint density at radius 1 is 1.47 bits per heavy atom. The normalized spacial score (nSPS) is 21.0. The van der Waals surface area contributed by atoms with E-state index in [0.717, 1.165) is 24.3 Å². The van der Waals surface area contributed by atoms with Gasteiger partial charge < -0.3 is 10.6 Å². The zero-order valence-corrected chi connectivity index (χ0v) is 9.85. The Labute approximate surface area is 99.2 Å². The van der Waals surface area contributed by atoms with E-state index in [0.29, 0.717) is 17.5 Å². The summed E-state index contributed by atoms with van der Waals surface area (Å²) in [5.41, 5.74) is 6.44. The number of aromatic amines is 1. The fourth-order valence-corrected chi connectivity index (χ4v) is 2.46. The van der Waals surface area contributed by atoms with Crippen LogP contribution in [0.4, 0.5) is 11.8 Å². The zero-order valence-electron chi connectivity index (χ0n) is 9.85. The largest absolute Gasteiger partial charge is 0.368 e. The predicted octanol–water partition coefficient (Wildman–Crippen LogP) is 1.17. The maximum absolute atomic E-state index is 5.73. The van der Waals surface area contributed by atoms with Crippen molar-refractivity contribution in [3.63, 3.8) is 0 Å². The number of H-pyrrole nitrogens is 1. The molecule has 3 N–H and O–H groups in total. The lowest BCUT2D eigenvalue weighted by Gasteiger charge is -2.32. The minimum Gasteiger partial charge on any atom is -0.368 e. The van der Waals surface area contributed by atoms with Gasteiger partial charge in [-0.25, -0.2) is 0 Å². The molecule has 1 atom stereocenters. The van der Waals surface area contributed by atoms with Crippen molar-refractivity contribution in [3.05, 3.63) is 6.20 Å². The average Bonchev–Trinajstić information content (AvgIpc) is 2.75. The molecule has 1 aliphatic rings. The lowest BCUT2D eigenvalue weighted by atomic mass is 10.0. The summed E-state index contributed by atoms with van der Waals surface area (Å²) < 4.78 is 0. The number of hydrogen-bond acceptors (Lipinski definition) is 5. The van der Waals surface area contributed by atoms with Crippen LogP contribution in [0.1, 0.15) is 19.8 Å². The molecule has 0 aromatic carbocycles. The van der Waals surface area contributed by atoms with Crippen molar-refractivity contribution in [2.45, 2.75) is 19.8 Å². The van der Waals surface area contributed by atoms with Gasteiger partial charge in [-0.1, -0.05) is 6.92 Å². The van der Waals surface area contributed by atoms with Crippen LogP contribution >= 0.6 is 0 Å². The van der Waals surface area contributed by atoms with Gasteiger partial charge in [0.2, 0.25) is 5.95 Å². The molecule has 0 aliphatic carbocycles. The van der Waals surface area contributed by atoms with Gasteiger partial charge in [-0.3, -0.25) is 5.10 Å². The molecule has 6 heteroatoms. The van der Waals surface area contributed by atoms with Crippen LogP contribution in [0.25, 0.3) is 11.0 Å². The molecular weight excluding hydrogens is 216 g/mol. The van der Waals surface area contributed by atoms with Crippen molar-refractivity contribution in [3.8, 4) is 0 Å². The van der Waals surface area contributed by atoms with Crippen LogP contribution in [0.2, 0.25) is 0 Å². The number of fused-ring (bicyclic) bond motifs is 1. The number of hydrogen-bond donors (Lipinski definition) is 2. The number of rotatable bonds is 1. The van der Waals surface area contributed by atoms with Gasteiger partial charge >= 0.3 is 0 Å². The third-order valence-corrected chi connectivity index (χ3v) is 3.26. The van der Waals surface area contributed by atoms with Gasteiger partial charge in [0.25, 0.3) is 0 Å². The molecule has 0 bridgehead atoms. The number of nitrogens with one attached hydrogen (secondary N) is 1. The fourth-order valence-electron chi connectivity index (χ4n) is 2.46. The van der Waals surface area contributed by atoms with Crippen LogP contribution in [-0.2, 0) is 0 Å². The van der Waals surface area contributed by atoms with Crippen molar-refractivity contribution >= 4 is 22.8 Å². The first-order valence-electron chi connectivity index (χ1n) is 5.95. The molecule has 6 nitrogen and oxygen atoms in total. The van der Waals surface area contributed by atoms with Gasteiger partial charge in [-0.15, -0.1) is 0 Å². The summed E-state index contributed by atoms with van der Waals surface area (Å²) in [7, 11) is 0. The van der Waals surface area contributed by atoms with E-state index < -0.39 is 0 Å². The number of anilines is 2. The van der Waals surface area contributed by atoms with Crippen molar-refractivity contribution in [1.82, 2.24) is 20.2 Å². The van der Waals surface area contributed by atoms with Gasteiger partial charge in [0, 0.05) is 13.1 Å². The molecule has 0 radical (unpaired) electrons. The standard InChI is InChI=1S/C11H16N6/c1-7-3-2-4-17(6-7)10-8-5-13-16-9(8)14-11(12)15-10/h5,7H,2-4,6H2,1H3,(H3,12,13,14,15,16). The second-order valence-electron chi connectivity index (χ2n) is 4.73. The molecule has 1 fully saturated rings. The van der Waals surface area contributed by atoms with Crippen molar-refractivity contribution in [2.24, 2.45) is 5.92 Å². The Morgan fingerprint density at radius 3 is 3.18 bits per heavy atom. The fraction of sp³-hybridized carbons (Fsp3) is 0.545. The number of nitrogens with zero attached hydrogens (tertiary/aromatic N) is 4. The second kappa shape index (κ2) is 3.87. The lowest BCUT2D eigenvalue weighted by Crippen LogP contribution is -2.35. The molecular formula is C11H16N6. The van der Waals surface area contributed by atoms with Crippen LogP contribution in [0.3, 0.4) is 0 Å². The molecule has 2 aromatic rings. The highest BCUT2D eigenvalue weighted by Crippen LogP contribution is 2.27. The molecule has 2 aromatic heterocycles. The van der Waals surface area contributed by atoms with Gasteiger partial charge in [0.05, 0.1) is 11.6 Å². The third-order valence-electron chi connectivity index (χ3n) is 3.26. The molecule has 3 heterocycles. The van der Waals surface area contributed by atoms with E-state index in [1.807, 2.05) is 0 Å². The quantitative estimate of drug-likeness (QED) is 0.771. The van der Waals surface area contributed by atoms with E-state index in [4.69, 9.17) is 5.73 Å². The predicted molar refractivity (Wildman–Crippen MR) is 66.7 cm³/mol. The Hall–Kier alpha value is -1.85. The highest BCUT2D eigenvalue weighted by molar-refractivity contribution is 5.87. The number of aromatic nitrogens is 4. The van der Waals surface area contributed by atoms with Crippen LogP contribution < -0.4 is 10.6 Å². The average molecular weight is 232 g/mol. The summed E-state index contributed by atoms with van der Waals surface area (Å²) in [5, 5.41) is 7.80. The minimum atomic E-state index is 0.301. The SMILES string of the molecule is CC1CCCN(c2nc(N)nc3[nH]ncc23)C1. The summed E-state index contributed by atoms with van der Waals surface area (Å²) in [6.45, 7) is 4.32. The molecule has 90 valence electrons. The van der Waals surface area contributed by atoms with Crippen LogP contribution in [0.5, 0.6) is 0 Å². The van der Waals surface area contributed by atoms with E-state index in [-0.39, 0.29) is 0 Å². The van der Waals surface area contributed by atoms with Gasteiger partial charge in [0.1, 0.15) is 5.82 Å². The van der Waals surface area contributed by atoms with Crippen molar-refractivity contribution in [1.29, 1.82) is 0 Å². The first kappa shape index (κ1) is 10.3. The Bertz CT molecular complexity index is 534. The van der Waals surface area contributed by atoms with Crippen LogP contribution in [0.15, 0.2) is 6.20 Å². The first-order valence-corrected chi connectivity index (χ1v) is 5.95. The van der Waals surface area contributed by atoms with Gasteiger partial charge in [-0.05, 0) is 18.8 Å². The molecule has 1 unspecified atom stereocenters. The summed E-state index contributed by atoms with van der Waals surface area (Å²) >= 11 is 0. The Kier molecular flexibility index (Phi) is 2.35. The lowest BCUT2D eigenvalue weighted by molar-refractivity contribution is 0.445. The molecule has 1 aliphatic heterocycles. The number of nitrogen functional groups attached to an aromatic ring is 1. The molecule has 0 amide bonds. The van der Waals surface area contributed by atoms with Gasteiger partial charge in [-0.2, -0.15) is 15.1 Å². The van der Waals surface area contributed by atoms with E-state index in [1.165, 1.54) is 12.8 Å². The van der Waals surface area contributed by atoms with E-state index in [1.54, 1.807) is 6.20 Å². The van der Waals surface area contributed by atoms with E-state index in [9.17, 15) is 0 Å². The van der Waals surface area contributed by atoms with E-state index >= 15 is 0 Å². The molecule has 0 spiro atoms. The topological polar surface area (TPSA) is 83.7 Å². The summed E-state index contributed by atoms with van der Waals surface area (Å²) in [4.78, 5) is 10.8. The third kappa shape index (κ3) is 1.79. The smallest absolute Gasteiger partial charge is 0.224 e. The maximum atomic E-state index is 5.73. The monoisotopic (exact) mass is 232 g/mol. The van der Waals surface area contributed by atoms with Crippen LogP contribution in [-0.4, -0.2) is 33.3 Å². The van der Waals surface area contributed by atoms with E-state index in [2.05, 4.69) is 32.0 Å². The van der Waals surface area contributed by atoms with Crippen molar-refractivity contribution < 1.29 is 0 Å². The number of nitrogens with two attached hydrogens (primary N) is 1. The zero-order chi connectivity index (χ0) is 11.8. The number of piperidine rings is 1. The van der Waals surface area contributed by atoms with Crippen molar-refractivity contribution in [2.75, 3.05) is 23.7 Å². The second-order valence-corrected chi connectivity index (χ2v) is 4.73. The van der Waals surface area contributed by atoms with Gasteiger partial charge in [0.15, 0.2) is 5.65 Å². The minimum absolute atomic E-state index is 0.301. The first-order chi connectivity index (χ1) is 8.24. The molecule has 0 saturated carbocycles. The molecule has 3 rings (SSSR count). The summed E-state index contributed by atoms with van der Waals surface area (Å²) in [6, 6.07) is 0. The maximum Gasteiger partial charge on any atom is 0.224 e. The Balaban J connectivity index is 2.06. The highest BCUT2D eigenvalue weighted by atomic mass is 15.2. The highest BCUT2D eigenvalue weighted by Gasteiger charge is 2.20.